The third-order valence-corrected chi connectivity index (χ3v) is 6.73. The van der Waals surface area contributed by atoms with Crippen LogP contribution in [0.25, 0.3) is 0 Å². The van der Waals surface area contributed by atoms with E-state index in [4.69, 9.17) is 4.74 Å². The fourth-order valence-electron chi connectivity index (χ4n) is 3.47. The summed E-state index contributed by atoms with van der Waals surface area (Å²) in [5.41, 5.74) is 1.98. The van der Waals surface area contributed by atoms with Crippen LogP contribution in [-0.2, 0) is 14.6 Å². The van der Waals surface area contributed by atoms with E-state index >= 15 is 0 Å². The molecule has 0 radical (unpaired) electrons. The molecule has 0 bridgehead atoms. The predicted octanol–water partition coefficient (Wildman–Crippen LogP) is 2.78. The number of benzene rings is 1. The lowest BCUT2D eigenvalue weighted by Crippen LogP contribution is -2.57. The van der Waals surface area contributed by atoms with Crippen molar-refractivity contribution in [3.05, 3.63) is 40.8 Å². The van der Waals surface area contributed by atoms with E-state index < -0.39 is 9.84 Å². The number of hydrogen-bond acceptors (Lipinski definition) is 4. The van der Waals surface area contributed by atoms with Crippen LogP contribution < -0.4 is 0 Å². The molecule has 2 fully saturated rings. The molecule has 4 nitrogen and oxygen atoms in total. The molecule has 0 aromatic heterocycles. The number of hydrogen-bond donors (Lipinski definition) is 0. The van der Waals surface area contributed by atoms with Gasteiger partial charge in [0.15, 0.2) is 9.84 Å². The van der Waals surface area contributed by atoms with Gasteiger partial charge in [0.2, 0.25) is 0 Å². The average Bonchev–Trinajstić information content (AvgIpc) is 2.52. The normalized spacial score (nSPS) is 26.9. The van der Waals surface area contributed by atoms with Gasteiger partial charge in [0.1, 0.15) is 0 Å². The van der Waals surface area contributed by atoms with E-state index in [2.05, 4.69) is 18.7 Å². The van der Waals surface area contributed by atoms with Crippen LogP contribution in [0.3, 0.4) is 0 Å². The highest BCUT2D eigenvalue weighted by Crippen LogP contribution is 2.49. The smallest absolute Gasteiger partial charge is 0.199 e. The Hall–Kier alpha value is -1.17. The summed E-state index contributed by atoms with van der Waals surface area (Å²) in [7, 11) is -3.37. The Morgan fingerprint density at radius 3 is 2.35 bits per heavy atom. The molecule has 1 saturated carbocycles. The van der Waals surface area contributed by atoms with E-state index in [9.17, 15) is 8.42 Å². The molecule has 1 heterocycles. The third-order valence-electron chi connectivity index (χ3n) is 5.21. The SMILES string of the molecule is Cc1ccc(S(=O)(=O)/C=C2\CC(N3CCOCC3)C2(C)C)cc1. The molecule has 1 saturated heterocycles. The monoisotopic (exact) mass is 335 g/mol. The highest BCUT2D eigenvalue weighted by molar-refractivity contribution is 7.94. The largest absolute Gasteiger partial charge is 0.379 e. The fourth-order valence-corrected chi connectivity index (χ4v) is 4.89. The Labute approximate surface area is 139 Å². The van der Waals surface area contributed by atoms with Crippen LogP contribution in [0.2, 0.25) is 0 Å². The zero-order chi connectivity index (χ0) is 16.7. The quantitative estimate of drug-likeness (QED) is 0.852. The van der Waals surface area contributed by atoms with Gasteiger partial charge in [-0.15, -0.1) is 0 Å². The molecular formula is C18H25NO3S. The molecule has 23 heavy (non-hydrogen) atoms. The van der Waals surface area contributed by atoms with Crippen molar-refractivity contribution in [3.8, 4) is 0 Å². The zero-order valence-corrected chi connectivity index (χ0v) is 14.9. The molecule has 1 aliphatic carbocycles. The molecule has 0 spiro atoms. The molecule has 2 aliphatic rings. The second-order valence-electron chi connectivity index (χ2n) is 7.09. The lowest BCUT2D eigenvalue weighted by molar-refractivity contribution is -0.0278. The second kappa shape index (κ2) is 6.04. The average molecular weight is 335 g/mol. The summed E-state index contributed by atoms with van der Waals surface area (Å²) in [6.45, 7) is 9.66. The van der Waals surface area contributed by atoms with E-state index in [0.717, 1.165) is 43.9 Å². The maximum absolute atomic E-state index is 12.6. The molecule has 1 aromatic carbocycles. The van der Waals surface area contributed by atoms with Crippen LogP contribution in [0.5, 0.6) is 0 Å². The number of nitrogens with zero attached hydrogens (tertiary/aromatic N) is 1. The molecule has 126 valence electrons. The molecule has 5 heteroatoms. The van der Waals surface area contributed by atoms with Gasteiger partial charge in [-0.2, -0.15) is 0 Å². The van der Waals surface area contributed by atoms with Gasteiger partial charge in [0, 0.05) is 30.0 Å². The van der Waals surface area contributed by atoms with Crippen molar-refractivity contribution in [3.63, 3.8) is 0 Å². The van der Waals surface area contributed by atoms with Gasteiger partial charge in [-0.25, -0.2) is 8.42 Å². The maximum Gasteiger partial charge on any atom is 0.199 e. The van der Waals surface area contributed by atoms with Gasteiger partial charge in [-0.3, -0.25) is 4.90 Å². The number of ether oxygens (including phenoxy) is 1. The number of morpholine rings is 1. The Morgan fingerprint density at radius 1 is 1.17 bits per heavy atom. The van der Waals surface area contributed by atoms with Gasteiger partial charge in [-0.05, 0) is 31.1 Å². The first-order chi connectivity index (χ1) is 10.8. The van der Waals surface area contributed by atoms with E-state index in [1.54, 1.807) is 12.1 Å². The van der Waals surface area contributed by atoms with E-state index in [0.29, 0.717) is 10.9 Å². The van der Waals surface area contributed by atoms with Crippen molar-refractivity contribution in [1.82, 2.24) is 4.90 Å². The summed E-state index contributed by atoms with van der Waals surface area (Å²) >= 11 is 0. The van der Waals surface area contributed by atoms with Crippen LogP contribution in [-0.4, -0.2) is 45.7 Å². The molecule has 1 atom stereocenters. The first-order valence-electron chi connectivity index (χ1n) is 8.15. The number of sulfone groups is 1. The van der Waals surface area contributed by atoms with Crippen LogP contribution in [0.4, 0.5) is 0 Å². The van der Waals surface area contributed by atoms with Crippen molar-refractivity contribution in [2.24, 2.45) is 5.41 Å². The van der Waals surface area contributed by atoms with Crippen LogP contribution in [0.15, 0.2) is 40.1 Å². The summed E-state index contributed by atoms with van der Waals surface area (Å²) in [4.78, 5) is 2.81. The highest BCUT2D eigenvalue weighted by Gasteiger charge is 2.47. The van der Waals surface area contributed by atoms with Gasteiger partial charge in [-0.1, -0.05) is 31.5 Å². The number of rotatable bonds is 3. The Bertz CT molecular complexity index is 698. The molecular weight excluding hydrogens is 310 g/mol. The molecule has 0 N–H and O–H groups in total. The second-order valence-corrected chi connectivity index (χ2v) is 8.89. The van der Waals surface area contributed by atoms with Crippen molar-refractivity contribution in [2.45, 2.75) is 38.1 Å². The Balaban J connectivity index is 1.79. The lowest BCUT2D eigenvalue weighted by Gasteiger charge is -2.53. The van der Waals surface area contributed by atoms with Crippen molar-refractivity contribution < 1.29 is 13.2 Å². The van der Waals surface area contributed by atoms with Gasteiger partial charge in [0.25, 0.3) is 0 Å². The molecule has 0 amide bonds. The molecule has 1 aliphatic heterocycles. The summed E-state index contributed by atoms with van der Waals surface area (Å²) in [6, 6.07) is 7.47. The molecule has 1 aromatic rings. The van der Waals surface area contributed by atoms with Gasteiger partial charge >= 0.3 is 0 Å². The van der Waals surface area contributed by atoms with Crippen LogP contribution in [0, 0.1) is 12.3 Å². The molecule has 3 rings (SSSR count). The fraction of sp³-hybridized carbons (Fsp3) is 0.556. The van der Waals surface area contributed by atoms with E-state index in [1.807, 2.05) is 19.1 Å². The number of aryl methyl sites for hydroxylation is 1. The van der Waals surface area contributed by atoms with E-state index in [-0.39, 0.29) is 5.41 Å². The van der Waals surface area contributed by atoms with Crippen LogP contribution in [0.1, 0.15) is 25.8 Å². The summed E-state index contributed by atoms with van der Waals surface area (Å²) in [5, 5.41) is 1.49. The standard InChI is InChI=1S/C18H25NO3S/c1-14-4-6-16(7-5-14)23(20,21)13-15-12-17(18(15,2)3)19-8-10-22-11-9-19/h4-7,13,17H,8-12H2,1-3H3/b15-13+. The van der Waals surface area contributed by atoms with Crippen molar-refractivity contribution in [2.75, 3.05) is 26.3 Å². The minimum absolute atomic E-state index is 0.102. The predicted molar refractivity (Wildman–Crippen MR) is 91.0 cm³/mol. The topological polar surface area (TPSA) is 46.6 Å². The first kappa shape index (κ1) is 16.7. The third kappa shape index (κ3) is 3.23. The van der Waals surface area contributed by atoms with Crippen LogP contribution >= 0.6 is 0 Å². The summed E-state index contributed by atoms with van der Waals surface area (Å²) in [5.74, 6) is 0. The minimum atomic E-state index is -3.37. The highest BCUT2D eigenvalue weighted by atomic mass is 32.2. The molecule has 1 unspecified atom stereocenters. The maximum atomic E-state index is 12.6. The van der Waals surface area contributed by atoms with Gasteiger partial charge in [0.05, 0.1) is 18.1 Å². The minimum Gasteiger partial charge on any atom is -0.379 e. The lowest BCUT2D eigenvalue weighted by atomic mass is 9.63. The van der Waals surface area contributed by atoms with Gasteiger partial charge < -0.3 is 4.74 Å². The zero-order valence-electron chi connectivity index (χ0n) is 14.1. The first-order valence-corrected chi connectivity index (χ1v) is 9.70. The summed E-state index contributed by atoms with van der Waals surface area (Å²) in [6.07, 6.45) is 0.831. The summed E-state index contributed by atoms with van der Waals surface area (Å²) < 4.78 is 30.6. The van der Waals surface area contributed by atoms with Crippen molar-refractivity contribution in [1.29, 1.82) is 0 Å². The Kier molecular flexibility index (Phi) is 4.38. The van der Waals surface area contributed by atoms with Crippen molar-refractivity contribution >= 4 is 9.84 Å². The van der Waals surface area contributed by atoms with E-state index in [1.165, 1.54) is 5.41 Å². The Morgan fingerprint density at radius 2 is 1.78 bits per heavy atom.